The van der Waals surface area contributed by atoms with E-state index in [9.17, 15) is 9.18 Å². The smallest absolute Gasteiger partial charge is 0.239 e. The maximum atomic E-state index is 13.3. The Labute approximate surface area is 116 Å². The fourth-order valence-electron chi connectivity index (χ4n) is 2.18. The number of halogens is 2. The molecule has 0 spiro atoms. The van der Waals surface area contributed by atoms with E-state index in [1.54, 1.807) is 0 Å². The largest absolute Gasteiger partial charge is 0.377 e. The zero-order valence-electron chi connectivity index (χ0n) is 10.4. The van der Waals surface area contributed by atoms with Crippen LogP contribution in [0.4, 0.5) is 4.39 Å². The van der Waals surface area contributed by atoms with Crippen LogP contribution in [0, 0.1) is 5.82 Å². The number of ether oxygens (including phenoxy) is 1. The van der Waals surface area contributed by atoms with Gasteiger partial charge in [0.1, 0.15) is 11.9 Å². The second-order valence-electron chi connectivity index (χ2n) is 4.58. The van der Waals surface area contributed by atoms with Crippen molar-refractivity contribution in [2.75, 3.05) is 13.2 Å². The van der Waals surface area contributed by atoms with Crippen molar-refractivity contribution < 1.29 is 13.9 Å². The van der Waals surface area contributed by atoms with Gasteiger partial charge in [-0.3, -0.25) is 10.1 Å². The predicted octanol–water partition coefficient (Wildman–Crippen LogP) is 1.77. The summed E-state index contributed by atoms with van der Waals surface area (Å²) in [6.45, 7) is 1.24. The number of nitrogens with two attached hydrogens (primary N) is 1. The van der Waals surface area contributed by atoms with E-state index in [-0.39, 0.29) is 11.1 Å². The summed E-state index contributed by atoms with van der Waals surface area (Å²) < 4.78 is 18.8. The summed E-state index contributed by atoms with van der Waals surface area (Å²) >= 11 is 5.78. The number of benzene rings is 1. The van der Waals surface area contributed by atoms with Crippen LogP contribution in [0.5, 0.6) is 0 Å². The van der Waals surface area contributed by atoms with Crippen molar-refractivity contribution in [3.63, 3.8) is 0 Å². The van der Waals surface area contributed by atoms with Crippen LogP contribution in [0.25, 0.3) is 0 Å². The Hall–Kier alpha value is -1.17. The van der Waals surface area contributed by atoms with E-state index in [1.165, 1.54) is 18.2 Å². The van der Waals surface area contributed by atoms with Crippen molar-refractivity contribution in [1.29, 1.82) is 0 Å². The molecule has 1 aliphatic heterocycles. The van der Waals surface area contributed by atoms with Gasteiger partial charge in [0.05, 0.1) is 6.10 Å². The molecule has 0 aliphatic carbocycles. The molecule has 2 unspecified atom stereocenters. The SMILES string of the molecule is NC(=O)C(NCC1CCCO1)c1cc(F)cc(Cl)c1. The first-order valence-electron chi connectivity index (χ1n) is 6.16. The molecule has 1 heterocycles. The molecule has 3 N–H and O–H groups in total. The van der Waals surface area contributed by atoms with Gasteiger partial charge in [0.25, 0.3) is 0 Å². The summed E-state index contributed by atoms with van der Waals surface area (Å²) in [4.78, 5) is 11.5. The van der Waals surface area contributed by atoms with E-state index in [0.717, 1.165) is 19.4 Å². The molecule has 1 aliphatic rings. The Morgan fingerprint density at radius 3 is 2.95 bits per heavy atom. The van der Waals surface area contributed by atoms with Crippen LogP contribution >= 0.6 is 11.6 Å². The highest BCUT2D eigenvalue weighted by Gasteiger charge is 2.22. The highest BCUT2D eigenvalue weighted by Crippen LogP contribution is 2.20. The van der Waals surface area contributed by atoms with Crippen LogP contribution in [-0.2, 0) is 9.53 Å². The topological polar surface area (TPSA) is 64.4 Å². The highest BCUT2D eigenvalue weighted by atomic mass is 35.5. The molecule has 104 valence electrons. The van der Waals surface area contributed by atoms with Crippen LogP contribution in [0.1, 0.15) is 24.4 Å². The fraction of sp³-hybridized carbons (Fsp3) is 0.462. The highest BCUT2D eigenvalue weighted by molar-refractivity contribution is 6.30. The maximum absolute atomic E-state index is 13.3. The number of amides is 1. The number of nitrogens with one attached hydrogen (secondary N) is 1. The van der Waals surface area contributed by atoms with Gasteiger partial charge >= 0.3 is 0 Å². The summed E-state index contributed by atoms with van der Waals surface area (Å²) in [7, 11) is 0. The normalized spacial score (nSPS) is 20.4. The van der Waals surface area contributed by atoms with Gasteiger partial charge in [-0.15, -0.1) is 0 Å². The van der Waals surface area contributed by atoms with Crippen molar-refractivity contribution in [1.82, 2.24) is 5.32 Å². The molecule has 4 nitrogen and oxygen atoms in total. The van der Waals surface area contributed by atoms with Crippen molar-refractivity contribution >= 4 is 17.5 Å². The third kappa shape index (κ3) is 3.89. The Balaban J connectivity index is 2.07. The zero-order chi connectivity index (χ0) is 13.8. The number of hydrogen-bond acceptors (Lipinski definition) is 3. The van der Waals surface area contributed by atoms with Gasteiger partial charge in [0.15, 0.2) is 0 Å². The first-order valence-corrected chi connectivity index (χ1v) is 6.54. The first kappa shape index (κ1) is 14.2. The van der Waals surface area contributed by atoms with Gasteiger partial charge in [-0.2, -0.15) is 0 Å². The van der Waals surface area contributed by atoms with Gasteiger partial charge in [0.2, 0.25) is 5.91 Å². The number of carbonyl (C=O) groups is 1. The predicted molar refractivity (Wildman–Crippen MR) is 70.3 cm³/mol. The van der Waals surface area contributed by atoms with Crippen LogP contribution in [-0.4, -0.2) is 25.2 Å². The lowest BCUT2D eigenvalue weighted by atomic mass is 10.1. The molecular formula is C13H16ClFN2O2. The van der Waals surface area contributed by atoms with E-state index >= 15 is 0 Å². The molecule has 19 heavy (non-hydrogen) atoms. The number of carbonyl (C=O) groups excluding carboxylic acids is 1. The van der Waals surface area contributed by atoms with Crippen LogP contribution in [0.2, 0.25) is 5.02 Å². The molecule has 2 atom stereocenters. The molecule has 1 fully saturated rings. The Morgan fingerprint density at radius 1 is 1.58 bits per heavy atom. The van der Waals surface area contributed by atoms with Crippen molar-refractivity contribution in [3.8, 4) is 0 Å². The molecule has 1 amide bonds. The van der Waals surface area contributed by atoms with Gasteiger partial charge in [-0.05, 0) is 36.6 Å². The minimum absolute atomic E-state index is 0.0749. The lowest BCUT2D eigenvalue weighted by molar-refractivity contribution is -0.120. The molecule has 0 aromatic heterocycles. The van der Waals surface area contributed by atoms with Crippen LogP contribution in [0.3, 0.4) is 0 Å². The van der Waals surface area contributed by atoms with E-state index in [2.05, 4.69) is 5.32 Å². The third-order valence-electron chi connectivity index (χ3n) is 3.08. The van der Waals surface area contributed by atoms with Gasteiger partial charge < -0.3 is 10.5 Å². The van der Waals surface area contributed by atoms with Gasteiger partial charge in [0, 0.05) is 18.2 Å². The molecule has 0 radical (unpaired) electrons. The minimum Gasteiger partial charge on any atom is -0.377 e. The average Bonchev–Trinajstić information content (AvgIpc) is 2.80. The van der Waals surface area contributed by atoms with Crippen molar-refractivity contribution in [2.45, 2.75) is 25.0 Å². The second kappa shape index (κ2) is 6.32. The molecule has 0 bridgehead atoms. The summed E-state index contributed by atoms with van der Waals surface area (Å²) in [6, 6.07) is 3.20. The monoisotopic (exact) mass is 286 g/mol. The third-order valence-corrected chi connectivity index (χ3v) is 3.29. The Kier molecular flexibility index (Phi) is 4.74. The molecule has 1 aromatic rings. The summed E-state index contributed by atoms with van der Waals surface area (Å²) in [5.74, 6) is -1.06. The fourth-order valence-corrected chi connectivity index (χ4v) is 2.41. The lowest BCUT2D eigenvalue weighted by Crippen LogP contribution is -2.37. The summed E-state index contributed by atoms with van der Waals surface area (Å²) in [6.07, 6.45) is 2.03. The number of rotatable bonds is 5. The average molecular weight is 287 g/mol. The molecule has 0 saturated carbocycles. The molecular weight excluding hydrogens is 271 g/mol. The molecule has 1 aromatic carbocycles. The van der Waals surface area contributed by atoms with Gasteiger partial charge in [-0.25, -0.2) is 4.39 Å². The Bertz CT molecular complexity index is 444. The van der Waals surface area contributed by atoms with Crippen LogP contribution < -0.4 is 11.1 Å². The quantitative estimate of drug-likeness (QED) is 0.867. The molecule has 2 rings (SSSR count). The molecule has 6 heteroatoms. The molecule has 1 saturated heterocycles. The van der Waals surface area contributed by atoms with E-state index in [1.807, 2.05) is 0 Å². The summed E-state index contributed by atoms with van der Waals surface area (Å²) in [5, 5.41) is 3.24. The number of primary amides is 1. The zero-order valence-corrected chi connectivity index (χ0v) is 11.1. The minimum atomic E-state index is -0.766. The van der Waals surface area contributed by atoms with E-state index in [4.69, 9.17) is 22.1 Å². The van der Waals surface area contributed by atoms with E-state index in [0.29, 0.717) is 12.1 Å². The first-order chi connectivity index (χ1) is 9.06. The van der Waals surface area contributed by atoms with Crippen molar-refractivity contribution in [2.24, 2.45) is 5.73 Å². The Morgan fingerprint density at radius 2 is 2.37 bits per heavy atom. The maximum Gasteiger partial charge on any atom is 0.239 e. The summed E-state index contributed by atoms with van der Waals surface area (Å²) in [5.41, 5.74) is 5.77. The van der Waals surface area contributed by atoms with Crippen molar-refractivity contribution in [3.05, 3.63) is 34.6 Å². The second-order valence-corrected chi connectivity index (χ2v) is 5.02. The standard InChI is InChI=1S/C13H16ClFN2O2/c14-9-4-8(5-10(15)6-9)12(13(16)18)17-7-11-2-1-3-19-11/h4-6,11-12,17H,1-3,7H2,(H2,16,18). The lowest BCUT2D eigenvalue weighted by Gasteiger charge is -2.18. The number of hydrogen-bond donors (Lipinski definition) is 2. The van der Waals surface area contributed by atoms with Gasteiger partial charge in [-0.1, -0.05) is 11.6 Å². The van der Waals surface area contributed by atoms with E-state index < -0.39 is 17.8 Å². The van der Waals surface area contributed by atoms with Crippen LogP contribution in [0.15, 0.2) is 18.2 Å².